The fraction of sp³-hybridized carbons (Fsp3) is 0.0312. The maximum Gasteiger partial charge on any atom is 0.329 e. The van der Waals surface area contributed by atoms with Gasteiger partial charge in [0.1, 0.15) is 5.69 Å². The van der Waals surface area contributed by atoms with Crippen molar-refractivity contribution in [1.82, 2.24) is 15.2 Å². The fourth-order valence-corrected chi connectivity index (χ4v) is 4.03. The molecule has 1 heterocycles. The number of benzene rings is 4. The van der Waals surface area contributed by atoms with Crippen LogP contribution in [0, 0.1) is 6.92 Å². The highest BCUT2D eigenvalue weighted by atomic mass is 16.2. The Hall–Kier alpha value is -5.83. The Kier molecular flexibility index (Phi) is 8.06. The molecule has 3 N–H and O–H groups in total. The number of rotatable bonds is 7. The third kappa shape index (κ3) is 6.61. The molecule has 0 aliphatic heterocycles. The molecule has 1 aromatic heterocycles. The third-order valence-corrected chi connectivity index (χ3v) is 6.12. The summed E-state index contributed by atoms with van der Waals surface area (Å²) in [5.74, 6) is -2.39. The predicted octanol–water partition coefficient (Wildman–Crippen LogP) is 5.19. The summed E-state index contributed by atoms with van der Waals surface area (Å²) in [6, 6.07) is 32.9. The first-order valence-electron chi connectivity index (χ1n) is 12.8. The Morgan fingerprint density at radius 2 is 1.41 bits per heavy atom. The van der Waals surface area contributed by atoms with Crippen molar-refractivity contribution in [3.05, 3.63) is 132 Å². The first kappa shape index (κ1) is 26.8. The van der Waals surface area contributed by atoms with E-state index in [-0.39, 0.29) is 11.3 Å². The lowest BCUT2D eigenvalue weighted by molar-refractivity contribution is -0.136. The van der Waals surface area contributed by atoms with E-state index < -0.39 is 17.7 Å². The van der Waals surface area contributed by atoms with Crippen LogP contribution in [-0.2, 0) is 9.59 Å². The number of hydrazone groups is 1. The first-order valence-corrected chi connectivity index (χ1v) is 12.8. The van der Waals surface area contributed by atoms with Crippen molar-refractivity contribution in [2.24, 2.45) is 5.10 Å². The number of hydrogen-bond acceptors (Lipinski definition) is 5. The monoisotopic (exact) mass is 542 g/mol. The number of amides is 3. The Labute approximate surface area is 236 Å². The molecule has 202 valence electrons. The van der Waals surface area contributed by atoms with Crippen LogP contribution < -0.4 is 16.1 Å². The zero-order valence-electron chi connectivity index (χ0n) is 22.1. The van der Waals surface area contributed by atoms with E-state index in [1.807, 2.05) is 79.7 Å². The molecule has 0 fully saturated rings. The molecule has 4 aromatic carbocycles. The summed E-state index contributed by atoms with van der Waals surface area (Å²) >= 11 is 0. The van der Waals surface area contributed by atoms with E-state index in [0.29, 0.717) is 16.9 Å². The van der Waals surface area contributed by atoms with Crippen LogP contribution in [0.5, 0.6) is 0 Å². The number of hydrogen-bond donors (Lipinski definition) is 3. The lowest BCUT2D eigenvalue weighted by Gasteiger charge is -2.11. The van der Waals surface area contributed by atoms with Gasteiger partial charge in [-0.2, -0.15) is 10.2 Å². The molecular formula is C32H26N6O3. The highest BCUT2D eigenvalue weighted by molar-refractivity contribution is 6.40. The minimum absolute atomic E-state index is 0.191. The van der Waals surface area contributed by atoms with Gasteiger partial charge in [0.25, 0.3) is 5.91 Å². The molecule has 3 amide bonds. The van der Waals surface area contributed by atoms with Crippen LogP contribution in [0.2, 0.25) is 0 Å². The van der Waals surface area contributed by atoms with Crippen LogP contribution in [0.4, 0.5) is 11.4 Å². The van der Waals surface area contributed by atoms with Crippen molar-refractivity contribution in [3.63, 3.8) is 0 Å². The summed E-state index contributed by atoms with van der Waals surface area (Å²) in [6.07, 6.45) is 3.22. The van der Waals surface area contributed by atoms with Gasteiger partial charge >= 0.3 is 11.8 Å². The van der Waals surface area contributed by atoms with Crippen molar-refractivity contribution in [2.75, 3.05) is 10.6 Å². The molecule has 9 heteroatoms. The summed E-state index contributed by atoms with van der Waals surface area (Å²) in [4.78, 5) is 38.1. The number of para-hydroxylation sites is 2. The third-order valence-electron chi connectivity index (χ3n) is 6.12. The van der Waals surface area contributed by atoms with E-state index in [1.165, 1.54) is 6.21 Å². The Morgan fingerprint density at radius 1 is 0.756 bits per heavy atom. The number of carbonyl (C=O) groups excluding carboxylic acids is 3. The zero-order valence-corrected chi connectivity index (χ0v) is 22.1. The van der Waals surface area contributed by atoms with E-state index in [9.17, 15) is 14.4 Å². The van der Waals surface area contributed by atoms with E-state index in [4.69, 9.17) is 5.10 Å². The molecule has 0 aliphatic carbocycles. The van der Waals surface area contributed by atoms with E-state index in [1.54, 1.807) is 47.3 Å². The van der Waals surface area contributed by atoms with Gasteiger partial charge in [0.15, 0.2) is 0 Å². The van der Waals surface area contributed by atoms with Gasteiger partial charge in [0, 0.05) is 23.0 Å². The molecule has 9 nitrogen and oxygen atoms in total. The number of nitrogens with one attached hydrogen (secondary N) is 3. The summed E-state index contributed by atoms with van der Waals surface area (Å²) in [6.45, 7) is 1.95. The lowest BCUT2D eigenvalue weighted by Crippen LogP contribution is -2.33. The zero-order chi connectivity index (χ0) is 28.6. The SMILES string of the molecule is Cc1ccc(NC(=O)c2ccccc2NC(=O)C(=O)N/N=C/c2cn(-c3ccccc3)nc2-c2ccccc2)cc1. The second-order valence-electron chi connectivity index (χ2n) is 9.10. The molecule has 0 radical (unpaired) electrons. The van der Waals surface area contributed by atoms with Crippen LogP contribution in [0.3, 0.4) is 0 Å². The minimum Gasteiger partial charge on any atom is -0.322 e. The molecule has 5 aromatic rings. The largest absolute Gasteiger partial charge is 0.329 e. The molecule has 0 saturated carbocycles. The normalized spacial score (nSPS) is 10.8. The highest BCUT2D eigenvalue weighted by Gasteiger charge is 2.18. The van der Waals surface area contributed by atoms with Crippen molar-refractivity contribution in [3.8, 4) is 16.9 Å². The topological polar surface area (TPSA) is 117 Å². The number of anilines is 2. The molecule has 0 saturated heterocycles. The number of carbonyl (C=O) groups is 3. The number of nitrogens with zero attached hydrogens (tertiary/aromatic N) is 3. The van der Waals surface area contributed by atoms with Crippen molar-refractivity contribution in [1.29, 1.82) is 0 Å². The summed E-state index contributed by atoms with van der Waals surface area (Å²) < 4.78 is 1.72. The van der Waals surface area contributed by atoms with Gasteiger partial charge in [-0.1, -0.05) is 78.4 Å². The van der Waals surface area contributed by atoms with Gasteiger partial charge in [-0.25, -0.2) is 10.1 Å². The molecular weight excluding hydrogens is 516 g/mol. The van der Waals surface area contributed by atoms with Gasteiger partial charge in [0.05, 0.1) is 23.2 Å². The fourth-order valence-electron chi connectivity index (χ4n) is 4.03. The molecule has 5 rings (SSSR count). The average molecular weight is 543 g/mol. The maximum atomic E-state index is 12.9. The van der Waals surface area contributed by atoms with Crippen LogP contribution in [0.15, 0.2) is 120 Å². The van der Waals surface area contributed by atoms with Crippen molar-refractivity contribution >= 4 is 35.3 Å². The number of aryl methyl sites for hydroxylation is 1. The van der Waals surface area contributed by atoms with E-state index in [2.05, 4.69) is 21.2 Å². The molecule has 0 bridgehead atoms. The van der Waals surface area contributed by atoms with Gasteiger partial charge in [0.2, 0.25) is 0 Å². The van der Waals surface area contributed by atoms with E-state index in [0.717, 1.165) is 16.8 Å². The standard InChI is InChI=1S/C32H26N6O3/c1-22-16-18-25(19-17-22)34-30(39)27-14-8-9-15-28(27)35-31(40)32(41)36-33-20-24-21-38(26-12-6-3-7-13-26)37-29(24)23-10-4-2-5-11-23/h2-21H,1H3,(H,34,39)(H,35,40)(H,36,41)/b33-20+. The Balaban J connectivity index is 1.28. The van der Waals surface area contributed by atoms with E-state index >= 15 is 0 Å². The highest BCUT2D eigenvalue weighted by Crippen LogP contribution is 2.22. The smallest absolute Gasteiger partial charge is 0.322 e. The Morgan fingerprint density at radius 3 is 2.15 bits per heavy atom. The van der Waals surface area contributed by atoms with Gasteiger partial charge in [-0.05, 0) is 43.3 Å². The van der Waals surface area contributed by atoms with Gasteiger partial charge in [-0.3, -0.25) is 14.4 Å². The molecule has 0 spiro atoms. The molecule has 41 heavy (non-hydrogen) atoms. The molecule has 0 atom stereocenters. The predicted molar refractivity (Wildman–Crippen MR) is 159 cm³/mol. The molecule has 0 aliphatic rings. The minimum atomic E-state index is -0.994. The first-order chi connectivity index (χ1) is 20.0. The second kappa shape index (κ2) is 12.4. The number of aromatic nitrogens is 2. The quantitative estimate of drug-likeness (QED) is 0.149. The summed E-state index contributed by atoms with van der Waals surface area (Å²) in [7, 11) is 0. The van der Waals surface area contributed by atoms with Crippen LogP contribution >= 0.6 is 0 Å². The van der Waals surface area contributed by atoms with Gasteiger partial charge in [-0.15, -0.1) is 0 Å². The van der Waals surface area contributed by atoms with Crippen LogP contribution in [0.25, 0.3) is 16.9 Å². The summed E-state index contributed by atoms with van der Waals surface area (Å²) in [5.41, 5.74) is 7.35. The Bertz CT molecular complexity index is 1710. The van der Waals surface area contributed by atoms with Crippen LogP contribution in [-0.4, -0.2) is 33.7 Å². The molecule has 0 unspecified atom stereocenters. The lowest BCUT2D eigenvalue weighted by atomic mass is 10.1. The van der Waals surface area contributed by atoms with Crippen molar-refractivity contribution < 1.29 is 14.4 Å². The van der Waals surface area contributed by atoms with Crippen LogP contribution in [0.1, 0.15) is 21.5 Å². The average Bonchev–Trinajstić information content (AvgIpc) is 3.43. The van der Waals surface area contributed by atoms with Crippen molar-refractivity contribution in [2.45, 2.75) is 6.92 Å². The van der Waals surface area contributed by atoms with Gasteiger partial charge < -0.3 is 10.6 Å². The summed E-state index contributed by atoms with van der Waals surface area (Å²) in [5, 5.41) is 14.0. The maximum absolute atomic E-state index is 12.9. The second-order valence-corrected chi connectivity index (χ2v) is 9.10.